The molecule has 0 unspecified atom stereocenters. The number of benzene rings is 4. The Morgan fingerprint density at radius 3 is 1.77 bits per heavy atom. The number of hydrogen-bond donors (Lipinski definition) is 0. The Morgan fingerprint density at radius 1 is 0.692 bits per heavy atom. The maximum absolute atomic E-state index is 6.09. The third kappa shape index (κ3) is 5.27. The first-order valence-electron chi connectivity index (χ1n) is 14.3. The van der Waals surface area contributed by atoms with Crippen LogP contribution in [0, 0.1) is 0 Å². The molecule has 0 radical (unpaired) electrons. The van der Waals surface area contributed by atoms with Crippen LogP contribution in [0.3, 0.4) is 0 Å². The van der Waals surface area contributed by atoms with Gasteiger partial charge in [-0.3, -0.25) is 0 Å². The van der Waals surface area contributed by atoms with Crippen LogP contribution in [-0.2, 0) is 12.0 Å². The summed E-state index contributed by atoms with van der Waals surface area (Å²) in [6.07, 6.45) is 11.4. The van der Waals surface area contributed by atoms with Crippen LogP contribution in [0.15, 0.2) is 128 Å². The number of hydrogen-bond acceptors (Lipinski definition) is 2. The van der Waals surface area contributed by atoms with Crippen LogP contribution in [-0.4, -0.2) is 16.2 Å². The van der Waals surface area contributed by atoms with E-state index >= 15 is 0 Å². The van der Waals surface area contributed by atoms with Crippen LogP contribution >= 0.6 is 0 Å². The van der Waals surface area contributed by atoms with Crippen LogP contribution in [0.1, 0.15) is 66.0 Å². The molecule has 0 bridgehead atoms. The van der Waals surface area contributed by atoms with Gasteiger partial charge >= 0.3 is 0 Å². The summed E-state index contributed by atoms with van der Waals surface area (Å²) in [7, 11) is 0. The van der Waals surface area contributed by atoms with Crippen molar-refractivity contribution in [3.63, 3.8) is 0 Å². The van der Waals surface area contributed by atoms with E-state index in [-0.39, 0.29) is 0 Å². The van der Waals surface area contributed by atoms with Gasteiger partial charge in [-0.1, -0.05) is 116 Å². The summed E-state index contributed by atoms with van der Waals surface area (Å²) in [5.74, 6) is 1.70. The Morgan fingerprint density at radius 2 is 1.23 bits per heavy atom. The molecule has 1 aromatic heterocycles. The van der Waals surface area contributed by atoms with Crippen molar-refractivity contribution in [3.05, 3.63) is 156 Å². The number of rotatable bonds is 10. The number of aryl methyl sites for hydroxylation is 1. The lowest BCUT2D eigenvalue weighted by molar-refractivity contribution is 0.310. The lowest BCUT2D eigenvalue weighted by atomic mass is 9.77. The summed E-state index contributed by atoms with van der Waals surface area (Å²) in [5.41, 5.74) is 5.63. The van der Waals surface area contributed by atoms with Crippen LogP contribution < -0.4 is 4.74 Å². The van der Waals surface area contributed by atoms with Crippen molar-refractivity contribution in [3.8, 4) is 5.75 Å². The third-order valence-electron chi connectivity index (χ3n) is 8.15. The molecule has 4 aromatic carbocycles. The quantitative estimate of drug-likeness (QED) is 0.139. The van der Waals surface area contributed by atoms with Crippen LogP contribution in [0.4, 0.5) is 0 Å². The van der Waals surface area contributed by atoms with E-state index in [1.54, 1.807) is 0 Å². The molecule has 0 amide bonds. The highest BCUT2D eigenvalue weighted by Gasteiger charge is 2.38. The predicted molar refractivity (Wildman–Crippen MR) is 158 cm³/mol. The molecule has 0 spiro atoms. The zero-order valence-corrected chi connectivity index (χ0v) is 22.5. The highest BCUT2D eigenvalue weighted by atomic mass is 16.5. The lowest BCUT2D eigenvalue weighted by Crippen LogP contribution is -2.36. The molecule has 1 aliphatic carbocycles. The van der Waals surface area contributed by atoms with Crippen molar-refractivity contribution in [1.82, 2.24) is 9.55 Å². The third-order valence-corrected chi connectivity index (χ3v) is 8.15. The summed E-state index contributed by atoms with van der Waals surface area (Å²) in [6.45, 7) is 0.677. The van der Waals surface area contributed by atoms with Gasteiger partial charge in [0.25, 0.3) is 0 Å². The zero-order chi connectivity index (χ0) is 26.3. The summed E-state index contributed by atoms with van der Waals surface area (Å²) in [6, 6.07) is 41.0. The van der Waals surface area contributed by atoms with Gasteiger partial charge in [-0.2, -0.15) is 0 Å². The van der Waals surface area contributed by atoms with Crippen LogP contribution in [0.2, 0.25) is 0 Å². The molecule has 1 heterocycles. The van der Waals surface area contributed by atoms with Crippen molar-refractivity contribution in [2.75, 3.05) is 6.61 Å². The maximum Gasteiger partial charge on any atom is 0.121 e. The van der Waals surface area contributed by atoms with E-state index < -0.39 is 5.54 Å². The van der Waals surface area contributed by atoms with Crippen LogP contribution in [0.5, 0.6) is 5.75 Å². The van der Waals surface area contributed by atoms with Gasteiger partial charge in [0.15, 0.2) is 0 Å². The lowest BCUT2D eigenvalue weighted by Gasteiger charge is -2.37. The molecule has 0 saturated heterocycles. The van der Waals surface area contributed by atoms with Gasteiger partial charge in [0.1, 0.15) is 11.3 Å². The fourth-order valence-corrected chi connectivity index (χ4v) is 6.20. The molecule has 196 valence electrons. The first kappa shape index (κ1) is 25.2. The van der Waals surface area contributed by atoms with Gasteiger partial charge in [0.05, 0.1) is 18.6 Å². The number of imidazole rings is 1. The van der Waals surface area contributed by atoms with E-state index in [2.05, 4.69) is 126 Å². The minimum atomic E-state index is -0.521. The van der Waals surface area contributed by atoms with Crippen molar-refractivity contribution >= 4 is 0 Å². The Bertz CT molecular complexity index is 1340. The SMILES string of the molecule is c1ccc(C(c2ccccc2)(c2ccccc2)n2cnc(CCCOc3ccc(C4CCCC4)cc3)c2)cc1. The first-order valence-corrected chi connectivity index (χ1v) is 14.3. The van der Waals surface area contributed by atoms with E-state index in [9.17, 15) is 0 Å². The average molecular weight is 513 g/mol. The van der Waals surface area contributed by atoms with E-state index in [1.165, 1.54) is 47.9 Å². The van der Waals surface area contributed by atoms with Gasteiger partial charge in [-0.15, -0.1) is 0 Å². The van der Waals surface area contributed by atoms with E-state index in [1.807, 2.05) is 6.33 Å². The minimum Gasteiger partial charge on any atom is -0.494 e. The average Bonchev–Trinajstić information content (AvgIpc) is 3.72. The number of ether oxygens (including phenoxy) is 1. The second kappa shape index (κ2) is 11.7. The Labute approximate surface area is 232 Å². The highest BCUT2D eigenvalue weighted by Crippen LogP contribution is 2.41. The van der Waals surface area contributed by atoms with Crippen LogP contribution in [0.25, 0.3) is 0 Å². The van der Waals surface area contributed by atoms with Crippen molar-refractivity contribution in [1.29, 1.82) is 0 Å². The summed E-state index contributed by atoms with van der Waals surface area (Å²) < 4.78 is 8.38. The second-order valence-corrected chi connectivity index (χ2v) is 10.6. The molecule has 0 atom stereocenters. The number of nitrogens with zero attached hydrogens (tertiary/aromatic N) is 2. The fourth-order valence-electron chi connectivity index (χ4n) is 6.20. The molecule has 5 aromatic rings. The fraction of sp³-hybridized carbons (Fsp3) is 0.250. The van der Waals surface area contributed by atoms with Gasteiger partial charge in [-0.05, 0) is 66.0 Å². The Hall–Kier alpha value is -4.11. The van der Waals surface area contributed by atoms with Crippen molar-refractivity contribution in [2.24, 2.45) is 0 Å². The molecule has 1 fully saturated rings. The first-order chi connectivity index (χ1) is 19.3. The van der Waals surface area contributed by atoms with Gasteiger partial charge in [0.2, 0.25) is 0 Å². The molecule has 1 aliphatic rings. The molecule has 1 saturated carbocycles. The Kier molecular flexibility index (Phi) is 7.58. The molecule has 3 heteroatoms. The van der Waals surface area contributed by atoms with Gasteiger partial charge < -0.3 is 9.30 Å². The molecule has 3 nitrogen and oxygen atoms in total. The van der Waals surface area contributed by atoms with Crippen molar-refractivity contribution < 1.29 is 4.74 Å². The maximum atomic E-state index is 6.09. The molecular weight excluding hydrogens is 476 g/mol. The summed E-state index contributed by atoms with van der Waals surface area (Å²) in [4.78, 5) is 4.87. The zero-order valence-electron chi connectivity index (χ0n) is 22.5. The van der Waals surface area contributed by atoms with E-state index in [4.69, 9.17) is 9.72 Å². The molecule has 0 aliphatic heterocycles. The van der Waals surface area contributed by atoms with Crippen molar-refractivity contribution in [2.45, 2.75) is 50.0 Å². The molecule has 0 N–H and O–H groups in total. The number of aromatic nitrogens is 2. The molecule has 6 rings (SSSR count). The van der Waals surface area contributed by atoms with E-state index in [0.717, 1.165) is 30.2 Å². The normalized spacial score (nSPS) is 13.9. The highest BCUT2D eigenvalue weighted by molar-refractivity contribution is 5.50. The van der Waals surface area contributed by atoms with E-state index in [0.29, 0.717) is 6.61 Å². The standard InChI is InChI=1S/C36H36N2O/c1-4-15-31(16-5-1)36(32-17-6-2-7-18-32,33-19-8-3-9-20-33)38-27-34(37-28-38)21-12-26-39-35-24-22-30(23-25-35)29-13-10-11-14-29/h1-9,15-20,22-25,27-29H,10-14,21,26H2. The topological polar surface area (TPSA) is 27.1 Å². The summed E-state index contributed by atoms with van der Waals surface area (Å²) >= 11 is 0. The second-order valence-electron chi connectivity index (χ2n) is 10.6. The van der Waals surface area contributed by atoms with Gasteiger partial charge in [0, 0.05) is 6.20 Å². The van der Waals surface area contributed by atoms with Gasteiger partial charge in [-0.25, -0.2) is 4.98 Å². The minimum absolute atomic E-state index is 0.521. The summed E-state index contributed by atoms with van der Waals surface area (Å²) in [5, 5.41) is 0. The monoisotopic (exact) mass is 512 g/mol. The molecular formula is C36H36N2O. The Balaban J connectivity index is 1.21. The predicted octanol–water partition coefficient (Wildman–Crippen LogP) is 8.39. The smallest absolute Gasteiger partial charge is 0.121 e. The molecule has 39 heavy (non-hydrogen) atoms. The largest absolute Gasteiger partial charge is 0.494 e.